The molecule has 1 saturated carbocycles. The minimum atomic E-state index is -0.725. The normalized spacial score (nSPS) is 41.0. The summed E-state index contributed by atoms with van der Waals surface area (Å²) in [6, 6.07) is -0.0261. The average Bonchev–Trinajstić information content (AvgIpc) is 2.88. The Kier molecular flexibility index (Phi) is 3.62. The molecule has 118 valence electrons. The van der Waals surface area contributed by atoms with Crippen molar-refractivity contribution in [2.45, 2.75) is 82.5 Å². The van der Waals surface area contributed by atoms with Crippen LogP contribution in [0.3, 0.4) is 0 Å². The van der Waals surface area contributed by atoms with Crippen molar-refractivity contribution in [2.24, 2.45) is 5.92 Å². The lowest BCUT2D eigenvalue weighted by Gasteiger charge is -2.32. The lowest BCUT2D eigenvalue weighted by Crippen LogP contribution is -2.41. The number of carboxylic acids is 1. The summed E-state index contributed by atoms with van der Waals surface area (Å²) in [4.78, 5) is 11.1. The molecule has 0 spiro atoms. The van der Waals surface area contributed by atoms with E-state index in [0.717, 1.165) is 25.7 Å². The summed E-state index contributed by atoms with van der Waals surface area (Å²) < 4.78 is 12.3. The Morgan fingerprint density at radius 3 is 2.33 bits per heavy atom. The minimum absolute atomic E-state index is 0.153. The first-order valence-corrected chi connectivity index (χ1v) is 8.04. The third-order valence-corrected chi connectivity index (χ3v) is 5.93. The van der Waals surface area contributed by atoms with Crippen molar-refractivity contribution in [2.75, 3.05) is 0 Å². The number of rotatable bonds is 2. The van der Waals surface area contributed by atoms with Gasteiger partial charge in [0.05, 0.1) is 11.2 Å². The summed E-state index contributed by atoms with van der Waals surface area (Å²) in [6.45, 7) is 8.32. The van der Waals surface area contributed by atoms with E-state index in [2.05, 4.69) is 33.0 Å². The number of hydrogen-bond donors (Lipinski definition) is 2. The molecule has 2 N–H and O–H groups in total. The Hall–Kier alpha value is -0.585. The average molecular weight is 295 g/mol. The predicted octanol–water partition coefficient (Wildman–Crippen LogP) is 2.06. The second-order valence-electron chi connectivity index (χ2n) is 7.86. The molecule has 0 radical (unpaired) electrons. The van der Waals surface area contributed by atoms with Crippen molar-refractivity contribution >= 4 is 13.1 Å². The molecule has 6 heteroatoms. The molecule has 3 rings (SSSR count). The van der Waals surface area contributed by atoms with Crippen LogP contribution in [0.4, 0.5) is 0 Å². The lowest BCUT2D eigenvalue weighted by molar-refractivity contribution is -0.139. The molecule has 0 aromatic carbocycles. The molecule has 0 bridgehead atoms. The van der Waals surface area contributed by atoms with Gasteiger partial charge >= 0.3 is 13.1 Å². The Morgan fingerprint density at radius 1 is 1.14 bits per heavy atom. The molecule has 0 amide bonds. The molecule has 2 aliphatic heterocycles. The quantitative estimate of drug-likeness (QED) is 0.763. The van der Waals surface area contributed by atoms with Crippen molar-refractivity contribution in [3.63, 3.8) is 0 Å². The third kappa shape index (κ3) is 2.62. The predicted molar refractivity (Wildman–Crippen MR) is 80.1 cm³/mol. The van der Waals surface area contributed by atoms with Crippen LogP contribution in [0.5, 0.6) is 0 Å². The zero-order valence-corrected chi connectivity index (χ0v) is 13.4. The summed E-state index contributed by atoms with van der Waals surface area (Å²) in [5.41, 5.74) is -0.571. The Balaban J connectivity index is 1.64. The van der Waals surface area contributed by atoms with Gasteiger partial charge in [-0.1, -0.05) is 6.42 Å². The summed E-state index contributed by atoms with van der Waals surface area (Å²) in [5, 5.41) is 12.4. The van der Waals surface area contributed by atoms with Crippen LogP contribution in [0.25, 0.3) is 0 Å². The fraction of sp³-hybridized carbons (Fsp3) is 0.933. The van der Waals surface area contributed by atoms with Gasteiger partial charge in [0, 0.05) is 6.04 Å². The summed E-state index contributed by atoms with van der Waals surface area (Å²) in [6.07, 6.45) is 3.79. The highest BCUT2D eigenvalue weighted by Crippen LogP contribution is 2.47. The SMILES string of the molecule is CC1(C)OB(C2CCC3NC(C(=O)O)CC3C2)OC1(C)C. The Morgan fingerprint density at radius 2 is 1.76 bits per heavy atom. The molecule has 1 aliphatic carbocycles. The largest absolute Gasteiger partial charge is 0.480 e. The molecule has 5 nitrogen and oxygen atoms in total. The van der Waals surface area contributed by atoms with E-state index in [4.69, 9.17) is 14.4 Å². The van der Waals surface area contributed by atoms with E-state index in [9.17, 15) is 4.79 Å². The fourth-order valence-electron chi connectivity index (χ4n) is 3.91. The smallest absolute Gasteiger partial charge is 0.461 e. The zero-order chi connectivity index (χ0) is 15.4. The molecule has 4 atom stereocenters. The lowest BCUT2D eigenvalue weighted by atomic mass is 9.61. The molecular weight excluding hydrogens is 269 g/mol. The Bertz CT molecular complexity index is 423. The van der Waals surface area contributed by atoms with Crippen molar-refractivity contribution in [3.8, 4) is 0 Å². The summed E-state index contributed by atoms with van der Waals surface area (Å²) in [5.74, 6) is 0.0853. The molecule has 2 saturated heterocycles. The van der Waals surface area contributed by atoms with E-state index in [-0.39, 0.29) is 24.4 Å². The topological polar surface area (TPSA) is 67.8 Å². The first-order valence-electron chi connectivity index (χ1n) is 8.04. The van der Waals surface area contributed by atoms with Crippen molar-refractivity contribution in [3.05, 3.63) is 0 Å². The third-order valence-electron chi connectivity index (χ3n) is 5.93. The van der Waals surface area contributed by atoms with Crippen LogP contribution < -0.4 is 5.32 Å². The molecule has 4 unspecified atom stereocenters. The molecular formula is C15H26BNO4. The van der Waals surface area contributed by atoms with Gasteiger partial charge in [-0.15, -0.1) is 0 Å². The zero-order valence-electron chi connectivity index (χ0n) is 13.4. The van der Waals surface area contributed by atoms with E-state index >= 15 is 0 Å². The summed E-state index contributed by atoms with van der Waals surface area (Å²) >= 11 is 0. The number of aliphatic carboxylic acids is 1. The first kappa shape index (κ1) is 15.3. The van der Waals surface area contributed by atoms with Gasteiger partial charge in [-0.05, 0) is 58.7 Å². The van der Waals surface area contributed by atoms with Crippen LogP contribution >= 0.6 is 0 Å². The molecule has 0 aromatic rings. The van der Waals surface area contributed by atoms with E-state index < -0.39 is 5.97 Å². The van der Waals surface area contributed by atoms with Gasteiger partial charge < -0.3 is 19.7 Å². The first-order chi connectivity index (χ1) is 9.69. The van der Waals surface area contributed by atoms with Gasteiger partial charge in [0.1, 0.15) is 6.04 Å². The number of hydrogen-bond acceptors (Lipinski definition) is 4. The maximum absolute atomic E-state index is 11.1. The highest BCUT2D eigenvalue weighted by Gasteiger charge is 2.55. The second-order valence-corrected chi connectivity index (χ2v) is 7.86. The number of carboxylic acid groups (broad SMARTS) is 1. The van der Waals surface area contributed by atoms with Crippen LogP contribution in [-0.2, 0) is 14.1 Å². The number of carbonyl (C=O) groups is 1. The van der Waals surface area contributed by atoms with Gasteiger partial charge in [-0.2, -0.15) is 0 Å². The van der Waals surface area contributed by atoms with E-state index in [1.54, 1.807) is 0 Å². The van der Waals surface area contributed by atoms with Crippen LogP contribution in [0, 0.1) is 5.92 Å². The van der Waals surface area contributed by atoms with Crippen molar-refractivity contribution in [1.82, 2.24) is 5.32 Å². The van der Waals surface area contributed by atoms with Crippen LogP contribution in [0.2, 0.25) is 5.82 Å². The highest BCUT2D eigenvalue weighted by molar-refractivity contribution is 6.47. The summed E-state index contributed by atoms with van der Waals surface area (Å²) in [7, 11) is -0.153. The second kappa shape index (κ2) is 4.96. The molecule has 3 aliphatic rings. The maximum Gasteiger partial charge on any atom is 0.461 e. The maximum atomic E-state index is 11.1. The van der Waals surface area contributed by atoms with Crippen LogP contribution in [-0.4, -0.2) is 41.5 Å². The van der Waals surface area contributed by atoms with Crippen LogP contribution in [0.1, 0.15) is 53.4 Å². The van der Waals surface area contributed by atoms with Gasteiger partial charge in [-0.25, -0.2) is 0 Å². The van der Waals surface area contributed by atoms with E-state index in [0.29, 0.717) is 17.8 Å². The van der Waals surface area contributed by atoms with Gasteiger partial charge in [-0.3, -0.25) is 4.79 Å². The minimum Gasteiger partial charge on any atom is -0.480 e. The number of fused-ring (bicyclic) bond motifs is 1. The van der Waals surface area contributed by atoms with Gasteiger partial charge in [0.2, 0.25) is 0 Å². The highest BCUT2D eigenvalue weighted by atomic mass is 16.7. The van der Waals surface area contributed by atoms with Crippen molar-refractivity contribution < 1.29 is 19.2 Å². The standard InChI is InChI=1S/C15H26BNO4/c1-14(2)15(3,4)21-16(20-14)10-5-6-11-9(7-10)8-12(17-11)13(18)19/h9-12,17H,5-8H2,1-4H3,(H,18,19). The molecule has 21 heavy (non-hydrogen) atoms. The Labute approximate surface area is 126 Å². The van der Waals surface area contributed by atoms with Gasteiger partial charge in [0.25, 0.3) is 0 Å². The fourth-order valence-corrected chi connectivity index (χ4v) is 3.91. The van der Waals surface area contributed by atoms with Crippen LogP contribution in [0.15, 0.2) is 0 Å². The molecule has 3 fully saturated rings. The van der Waals surface area contributed by atoms with E-state index in [1.165, 1.54) is 0 Å². The number of nitrogens with one attached hydrogen (secondary N) is 1. The van der Waals surface area contributed by atoms with E-state index in [1.807, 2.05) is 0 Å². The molecule has 0 aromatic heterocycles. The molecule has 2 heterocycles. The monoisotopic (exact) mass is 295 g/mol. The van der Waals surface area contributed by atoms with Gasteiger partial charge in [0.15, 0.2) is 0 Å². The van der Waals surface area contributed by atoms with Crippen molar-refractivity contribution in [1.29, 1.82) is 0 Å².